The van der Waals surface area contributed by atoms with Gasteiger partial charge in [0, 0.05) is 35.0 Å². The highest BCUT2D eigenvalue weighted by atomic mass is 35.5. The molecule has 1 fully saturated rings. The van der Waals surface area contributed by atoms with Gasteiger partial charge in [0.1, 0.15) is 12.4 Å². The molecule has 37 heavy (non-hydrogen) atoms. The maximum absolute atomic E-state index is 14.5. The number of rotatable bonds is 7. The normalized spacial score (nSPS) is 15.4. The van der Waals surface area contributed by atoms with Gasteiger partial charge in [-0.1, -0.05) is 37.3 Å². The Morgan fingerprint density at radius 2 is 1.76 bits per heavy atom. The number of benzene rings is 2. The van der Waals surface area contributed by atoms with Crippen LogP contribution >= 0.6 is 11.6 Å². The predicted molar refractivity (Wildman–Crippen MR) is 137 cm³/mol. The molecule has 6 nitrogen and oxygen atoms in total. The van der Waals surface area contributed by atoms with Crippen molar-refractivity contribution in [3.8, 4) is 17.3 Å². The Bertz CT molecular complexity index is 1400. The number of fused-ring (bicyclic) bond motifs is 1. The quantitative estimate of drug-likeness (QED) is 0.256. The molecule has 0 spiro atoms. The number of carboxylic acid groups (broad SMARTS) is 1. The molecule has 0 aliphatic heterocycles. The molecule has 1 aliphatic rings. The number of imidazole rings is 1. The fourth-order valence-electron chi connectivity index (χ4n) is 5.11. The number of aromatic carboxylic acids is 1. The van der Waals surface area contributed by atoms with Gasteiger partial charge < -0.3 is 14.4 Å². The Morgan fingerprint density at radius 3 is 2.41 bits per heavy atom. The molecule has 192 valence electrons. The van der Waals surface area contributed by atoms with Crippen molar-refractivity contribution in [1.82, 2.24) is 14.5 Å². The zero-order valence-corrected chi connectivity index (χ0v) is 20.8. The van der Waals surface area contributed by atoms with Crippen LogP contribution in [-0.2, 0) is 0 Å². The minimum absolute atomic E-state index is 0.0656. The molecule has 5 rings (SSSR count). The van der Waals surface area contributed by atoms with Gasteiger partial charge in [-0.05, 0) is 49.1 Å². The number of nitrogens with zero attached hydrogens (tertiary/aromatic N) is 3. The summed E-state index contributed by atoms with van der Waals surface area (Å²) in [5, 5.41) is 9.73. The topological polar surface area (TPSA) is 77.2 Å². The number of carbonyl (C=O) groups is 1. The maximum Gasteiger partial charge on any atom is 0.337 e. The smallest absolute Gasteiger partial charge is 0.337 e. The number of carboxylic acids is 1. The van der Waals surface area contributed by atoms with Crippen molar-refractivity contribution in [2.75, 3.05) is 6.61 Å². The molecule has 1 saturated carbocycles. The summed E-state index contributed by atoms with van der Waals surface area (Å²) in [6.45, 7) is 0.204. The largest absolute Gasteiger partial charge is 0.478 e. The first kappa shape index (κ1) is 25.1. The Balaban J connectivity index is 1.61. The standard InChI is InChI=1S/C28H26ClF2N3O3/c29-20-10-7-18(8-11-20)27-33-23-13-21(30)22(31)14-24(23)34(27)25(17-5-3-1-2-4-6-17)16-37-26-12-9-19(15-32-26)28(35)36/h7-15,17,25H,1-6,16H2,(H,35,36). The van der Waals surface area contributed by atoms with Crippen LogP contribution < -0.4 is 4.74 Å². The van der Waals surface area contributed by atoms with Crippen LogP contribution in [0.15, 0.2) is 54.7 Å². The maximum atomic E-state index is 14.5. The first-order valence-corrected chi connectivity index (χ1v) is 12.7. The van der Waals surface area contributed by atoms with Crippen molar-refractivity contribution in [3.63, 3.8) is 0 Å². The van der Waals surface area contributed by atoms with Crippen LogP contribution in [0.3, 0.4) is 0 Å². The molecule has 0 saturated heterocycles. The third-order valence-corrected chi connectivity index (χ3v) is 7.25. The lowest BCUT2D eigenvalue weighted by atomic mass is 9.91. The van der Waals surface area contributed by atoms with Crippen LogP contribution in [-0.4, -0.2) is 32.2 Å². The molecule has 0 radical (unpaired) electrons. The average molecular weight is 526 g/mol. The summed E-state index contributed by atoms with van der Waals surface area (Å²) in [6.07, 6.45) is 7.61. The third kappa shape index (κ3) is 5.44. The monoisotopic (exact) mass is 525 g/mol. The van der Waals surface area contributed by atoms with E-state index in [4.69, 9.17) is 26.4 Å². The summed E-state index contributed by atoms with van der Waals surface area (Å²) in [7, 11) is 0. The van der Waals surface area contributed by atoms with Gasteiger partial charge in [-0.15, -0.1) is 0 Å². The van der Waals surface area contributed by atoms with Crippen molar-refractivity contribution < 1.29 is 23.4 Å². The van der Waals surface area contributed by atoms with Crippen molar-refractivity contribution in [3.05, 3.63) is 76.9 Å². The molecule has 1 atom stereocenters. The highest BCUT2D eigenvalue weighted by Crippen LogP contribution is 2.38. The number of pyridine rings is 1. The van der Waals surface area contributed by atoms with E-state index in [2.05, 4.69) is 4.98 Å². The van der Waals surface area contributed by atoms with E-state index >= 15 is 0 Å². The van der Waals surface area contributed by atoms with Crippen LogP contribution in [0.1, 0.15) is 54.9 Å². The van der Waals surface area contributed by atoms with E-state index in [9.17, 15) is 13.6 Å². The van der Waals surface area contributed by atoms with Gasteiger partial charge in [-0.2, -0.15) is 0 Å². The molecule has 1 unspecified atom stereocenters. The summed E-state index contributed by atoms with van der Waals surface area (Å²) in [6, 6.07) is 12.2. The Labute approximate surface area is 217 Å². The van der Waals surface area contributed by atoms with Crippen molar-refractivity contribution in [2.45, 2.75) is 44.6 Å². The van der Waals surface area contributed by atoms with E-state index in [0.29, 0.717) is 27.8 Å². The minimum atomic E-state index is -1.07. The van der Waals surface area contributed by atoms with Crippen molar-refractivity contribution in [2.24, 2.45) is 5.92 Å². The van der Waals surface area contributed by atoms with Crippen molar-refractivity contribution in [1.29, 1.82) is 0 Å². The number of aromatic nitrogens is 3. The second-order valence-corrected chi connectivity index (χ2v) is 9.82. The number of hydrogen-bond donors (Lipinski definition) is 1. The average Bonchev–Trinajstić information content (AvgIpc) is 3.05. The molecule has 1 N–H and O–H groups in total. The van der Waals surface area contributed by atoms with Gasteiger partial charge in [0.25, 0.3) is 0 Å². The molecule has 4 aromatic rings. The van der Waals surface area contributed by atoms with Crippen LogP contribution in [0.4, 0.5) is 8.78 Å². The first-order valence-electron chi connectivity index (χ1n) is 12.4. The lowest BCUT2D eigenvalue weighted by Gasteiger charge is -2.29. The Kier molecular flexibility index (Phi) is 7.37. The second-order valence-electron chi connectivity index (χ2n) is 9.39. The molecular formula is C28H26ClF2N3O3. The van der Waals surface area contributed by atoms with E-state index in [1.54, 1.807) is 12.1 Å². The van der Waals surface area contributed by atoms with E-state index < -0.39 is 17.6 Å². The van der Waals surface area contributed by atoms with Gasteiger partial charge in [-0.3, -0.25) is 0 Å². The summed E-state index contributed by atoms with van der Waals surface area (Å²) >= 11 is 6.12. The summed E-state index contributed by atoms with van der Waals surface area (Å²) in [4.78, 5) is 20.0. The number of halogens is 3. The Morgan fingerprint density at radius 1 is 1.05 bits per heavy atom. The molecule has 2 aromatic heterocycles. The summed E-state index contributed by atoms with van der Waals surface area (Å²) < 4.78 is 36.7. The van der Waals surface area contributed by atoms with Crippen LogP contribution in [0.5, 0.6) is 5.88 Å². The number of hydrogen-bond acceptors (Lipinski definition) is 4. The Hall–Kier alpha value is -3.52. The fraction of sp³-hybridized carbons (Fsp3) is 0.321. The highest BCUT2D eigenvalue weighted by molar-refractivity contribution is 6.30. The van der Waals surface area contributed by atoms with E-state index in [-0.39, 0.29) is 24.1 Å². The van der Waals surface area contributed by atoms with Gasteiger partial charge in [-0.25, -0.2) is 23.5 Å². The van der Waals surface area contributed by atoms with Gasteiger partial charge in [0.2, 0.25) is 5.88 Å². The first-order chi connectivity index (χ1) is 17.9. The SMILES string of the molecule is O=C(O)c1ccc(OCC(C2CCCCCC2)n2c(-c3ccc(Cl)cc3)nc3cc(F)c(F)cc32)nc1. The van der Waals surface area contributed by atoms with Crippen LogP contribution in [0, 0.1) is 17.6 Å². The van der Waals surface area contributed by atoms with Crippen molar-refractivity contribution >= 4 is 28.6 Å². The molecule has 2 heterocycles. The molecule has 2 aromatic carbocycles. The third-order valence-electron chi connectivity index (χ3n) is 6.99. The van der Waals surface area contributed by atoms with Crippen LogP contribution in [0.25, 0.3) is 22.4 Å². The lowest BCUT2D eigenvalue weighted by molar-refractivity contribution is 0.0696. The van der Waals surface area contributed by atoms with Crippen LogP contribution in [0.2, 0.25) is 5.02 Å². The lowest BCUT2D eigenvalue weighted by Crippen LogP contribution is -2.26. The second kappa shape index (κ2) is 10.8. The summed E-state index contributed by atoms with van der Waals surface area (Å²) in [5.41, 5.74) is 1.67. The van der Waals surface area contributed by atoms with Gasteiger partial charge in [0.05, 0.1) is 22.6 Å². The molecule has 1 aliphatic carbocycles. The molecule has 0 amide bonds. The van der Waals surface area contributed by atoms with Gasteiger partial charge >= 0.3 is 5.97 Å². The summed E-state index contributed by atoms with van der Waals surface area (Å²) in [5.74, 6) is -1.89. The highest BCUT2D eigenvalue weighted by Gasteiger charge is 2.30. The van der Waals surface area contributed by atoms with E-state index in [0.717, 1.165) is 50.2 Å². The zero-order valence-electron chi connectivity index (χ0n) is 20.0. The minimum Gasteiger partial charge on any atom is -0.478 e. The molecule has 0 bridgehead atoms. The van der Waals surface area contributed by atoms with E-state index in [1.807, 2.05) is 16.7 Å². The molecule has 9 heteroatoms. The van der Waals surface area contributed by atoms with Gasteiger partial charge in [0.15, 0.2) is 11.6 Å². The van der Waals surface area contributed by atoms with E-state index in [1.165, 1.54) is 24.4 Å². The zero-order chi connectivity index (χ0) is 25.9. The molecular weight excluding hydrogens is 500 g/mol. The number of ether oxygens (including phenoxy) is 1. The predicted octanol–water partition coefficient (Wildman–Crippen LogP) is 7.32. The fourth-order valence-corrected chi connectivity index (χ4v) is 5.23.